The molecule has 0 saturated heterocycles. The van der Waals surface area contributed by atoms with Gasteiger partial charge in [-0.1, -0.05) is 6.58 Å². The zero-order valence-corrected chi connectivity index (χ0v) is 9.79. The molecule has 0 spiro atoms. The van der Waals surface area contributed by atoms with Crippen molar-refractivity contribution in [3.63, 3.8) is 0 Å². The van der Waals surface area contributed by atoms with Crippen molar-refractivity contribution < 1.29 is 14.3 Å². The van der Waals surface area contributed by atoms with Crippen LogP contribution >= 0.6 is 0 Å². The van der Waals surface area contributed by atoms with Gasteiger partial charge < -0.3 is 10.1 Å². The van der Waals surface area contributed by atoms with Crippen molar-refractivity contribution in [3.8, 4) is 0 Å². The third-order valence-electron chi connectivity index (χ3n) is 1.50. The Morgan fingerprint density at radius 3 is 2.40 bits per heavy atom. The van der Waals surface area contributed by atoms with Crippen molar-refractivity contribution in [2.75, 3.05) is 0 Å². The maximum atomic E-state index is 11.3. The number of hydrogen-bond donors (Lipinski definition) is 1. The molecule has 1 atom stereocenters. The lowest BCUT2D eigenvalue weighted by molar-refractivity contribution is -0.114. The molecule has 0 aliphatic rings. The van der Waals surface area contributed by atoms with Crippen molar-refractivity contribution in [2.45, 2.75) is 45.8 Å². The largest absolute Gasteiger partial charge is 0.444 e. The van der Waals surface area contributed by atoms with Crippen LogP contribution in [0.5, 0.6) is 0 Å². The van der Waals surface area contributed by atoms with Crippen LogP contribution in [0.2, 0.25) is 0 Å². The van der Waals surface area contributed by atoms with Crippen molar-refractivity contribution in [1.29, 1.82) is 0 Å². The van der Waals surface area contributed by atoms with Gasteiger partial charge >= 0.3 is 6.09 Å². The second-order valence-electron chi connectivity index (χ2n) is 4.42. The number of rotatable bonds is 4. The summed E-state index contributed by atoms with van der Waals surface area (Å²) in [6.07, 6.45) is 0.975. The molecule has 15 heavy (non-hydrogen) atoms. The second-order valence-corrected chi connectivity index (χ2v) is 4.42. The normalized spacial score (nSPS) is 12.8. The lowest BCUT2D eigenvalue weighted by atomic mass is 10.1. The fourth-order valence-corrected chi connectivity index (χ4v) is 0.945. The minimum absolute atomic E-state index is 0.0986. The highest BCUT2D eigenvalue weighted by Gasteiger charge is 2.18. The number of carbonyl (C=O) groups is 2. The van der Waals surface area contributed by atoms with Crippen LogP contribution in [0.1, 0.15) is 34.1 Å². The van der Waals surface area contributed by atoms with E-state index in [1.54, 1.807) is 27.7 Å². The van der Waals surface area contributed by atoms with Crippen molar-refractivity contribution in [3.05, 3.63) is 12.7 Å². The molecule has 1 unspecified atom stereocenters. The standard InChI is InChI=1S/C11H19NO3/c1-6-9(13)7-8(2)12-10(14)15-11(3,4)5/h6,8H,1,7H2,2-5H3,(H,12,14). The highest BCUT2D eigenvalue weighted by molar-refractivity contribution is 5.89. The predicted molar refractivity (Wildman–Crippen MR) is 58.7 cm³/mol. The van der Waals surface area contributed by atoms with Gasteiger partial charge in [-0.2, -0.15) is 0 Å². The van der Waals surface area contributed by atoms with Gasteiger partial charge in [-0.25, -0.2) is 4.79 Å². The molecule has 0 aromatic heterocycles. The van der Waals surface area contributed by atoms with E-state index in [2.05, 4.69) is 11.9 Å². The van der Waals surface area contributed by atoms with Gasteiger partial charge in [0.1, 0.15) is 5.60 Å². The third-order valence-corrected chi connectivity index (χ3v) is 1.50. The van der Waals surface area contributed by atoms with Gasteiger partial charge in [0.05, 0.1) is 0 Å². The predicted octanol–water partition coefficient (Wildman–Crippen LogP) is 2.04. The van der Waals surface area contributed by atoms with Gasteiger partial charge in [0, 0.05) is 12.5 Å². The van der Waals surface area contributed by atoms with E-state index in [4.69, 9.17) is 4.74 Å². The first kappa shape index (κ1) is 13.7. The smallest absolute Gasteiger partial charge is 0.407 e. The summed E-state index contributed by atoms with van der Waals surface area (Å²) in [5.74, 6) is -0.0986. The van der Waals surface area contributed by atoms with Gasteiger partial charge in [0.2, 0.25) is 0 Å². The molecular weight excluding hydrogens is 194 g/mol. The maximum Gasteiger partial charge on any atom is 0.407 e. The second kappa shape index (κ2) is 5.53. The number of allylic oxidation sites excluding steroid dienone is 1. The molecule has 86 valence electrons. The van der Waals surface area contributed by atoms with Crippen molar-refractivity contribution >= 4 is 11.9 Å². The molecule has 0 aliphatic heterocycles. The number of hydrogen-bond acceptors (Lipinski definition) is 3. The number of ketones is 1. The summed E-state index contributed by atoms with van der Waals surface area (Å²) in [5, 5.41) is 2.57. The highest BCUT2D eigenvalue weighted by Crippen LogP contribution is 2.07. The van der Waals surface area contributed by atoms with E-state index < -0.39 is 11.7 Å². The molecule has 4 nitrogen and oxygen atoms in total. The summed E-state index contributed by atoms with van der Waals surface area (Å²) in [5.41, 5.74) is -0.522. The number of alkyl carbamates (subject to hydrolysis) is 1. The third kappa shape index (κ3) is 7.73. The first-order chi connectivity index (χ1) is 6.74. The molecule has 1 N–H and O–H groups in total. The molecule has 4 heteroatoms. The zero-order valence-electron chi connectivity index (χ0n) is 9.79. The summed E-state index contributed by atoms with van der Waals surface area (Å²) in [4.78, 5) is 22.2. The quantitative estimate of drug-likeness (QED) is 0.727. The monoisotopic (exact) mass is 213 g/mol. The van der Waals surface area contributed by atoms with Crippen LogP contribution in [-0.4, -0.2) is 23.5 Å². The summed E-state index contributed by atoms with van der Waals surface area (Å²) >= 11 is 0. The highest BCUT2D eigenvalue weighted by atomic mass is 16.6. The summed E-state index contributed by atoms with van der Waals surface area (Å²) < 4.78 is 5.04. The summed E-state index contributed by atoms with van der Waals surface area (Å²) in [6, 6.07) is -0.245. The van der Waals surface area contributed by atoms with Crippen LogP contribution in [0.15, 0.2) is 12.7 Å². The lowest BCUT2D eigenvalue weighted by Crippen LogP contribution is -2.38. The SMILES string of the molecule is C=CC(=O)CC(C)NC(=O)OC(C)(C)C. The molecule has 0 radical (unpaired) electrons. The Morgan fingerprint density at radius 2 is 2.00 bits per heavy atom. The van der Waals surface area contributed by atoms with E-state index in [-0.39, 0.29) is 18.2 Å². The topological polar surface area (TPSA) is 55.4 Å². The Hall–Kier alpha value is -1.32. The Balaban J connectivity index is 3.97. The maximum absolute atomic E-state index is 11.3. The van der Waals surface area contributed by atoms with Crippen LogP contribution in [0, 0.1) is 0 Å². The van der Waals surface area contributed by atoms with Crippen LogP contribution in [0.3, 0.4) is 0 Å². The summed E-state index contributed by atoms with van der Waals surface area (Å²) in [7, 11) is 0. The summed E-state index contributed by atoms with van der Waals surface area (Å²) in [6.45, 7) is 10.5. The van der Waals surface area contributed by atoms with Gasteiger partial charge in [0.15, 0.2) is 5.78 Å². The first-order valence-electron chi connectivity index (χ1n) is 4.89. The van der Waals surface area contributed by atoms with Crippen molar-refractivity contribution in [2.24, 2.45) is 0 Å². The van der Waals surface area contributed by atoms with Crippen LogP contribution in [-0.2, 0) is 9.53 Å². The van der Waals surface area contributed by atoms with Crippen LogP contribution in [0.25, 0.3) is 0 Å². The first-order valence-corrected chi connectivity index (χ1v) is 4.89. The Labute approximate surface area is 90.7 Å². The number of carbonyl (C=O) groups excluding carboxylic acids is 2. The molecule has 0 fully saturated rings. The molecule has 0 bridgehead atoms. The average molecular weight is 213 g/mol. The van der Waals surface area contributed by atoms with Crippen molar-refractivity contribution in [1.82, 2.24) is 5.32 Å². The van der Waals surface area contributed by atoms with E-state index in [0.29, 0.717) is 0 Å². The minimum Gasteiger partial charge on any atom is -0.444 e. The van der Waals surface area contributed by atoms with E-state index in [1.807, 2.05) is 0 Å². The minimum atomic E-state index is -0.522. The average Bonchev–Trinajstić information content (AvgIpc) is 1.99. The molecule has 0 aromatic carbocycles. The van der Waals surface area contributed by atoms with Crippen LogP contribution in [0.4, 0.5) is 4.79 Å². The van der Waals surface area contributed by atoms with E-state index >= 15 is 0 Å². The van der Waals surface area contributed by atoms with E-state index in [9.17, 15) is 9.59 Å². The molecule has 0 heterocycles. The van der Waals surface area contributed by atoms with Crippen LogP contribution < -0.4 is 5.32 Å². The van der Waals surface area contributed by atoms with E-state index in [0.717, 1.165) is 0 Å². The van der Waals surface area contributed by atoms with Gasteiger partial charge in [0.25, 0.3) is 0 Å². The molecule has 0 aromatic rings. The Morgan fingerprint density at radius 1 is 1.47 bits per heavy atom. The molecule has 1 amide bonds. The molecule has 0 rings (SSSR count). The van der Waals surface area contributed by atoms with Gasteiger partial charge in [-0.15, -0.1) is 0 Å². The Bertz CT molecular complexity index is 253. The number of amides is 1. The zero-order chi connectivity index (χ0) is 12.1. The van der Waals surface area contributed by atoms with E-state index in [1.165, 1.54) is 6.08 Å². The fourth-order valence-electron chi connectivity index (χ4n) is 0.945. The lowest BCUT2D eigenvalue weighted by Gasteiger charge is -2.21. The van der Waals surface area contributed by atoms with Gasteiger partial charge in [-0.05, 0) is 33.8 Å². The molecular formula is C11H19NO3. The molecule has 0 aliphatic carbocycles. The Kier molecular flexibility index (Phi) is 5.05. The number of nitrogens with one attached hydrogen (secondary N) is 1. The van der Waals surface area contributed by atoms with Gasteiger partial charge in [-0.3, -0.25) is 4.79 Å². The number of ether oxygens (including phenoxy) is 1. The fraction of sp³-hybridized carbons (Fsp3) is 0.636. The molecule has 0 saturated carbocycles.